The number of likely N-dealkylation sites (tertiary alicyclic amines) is 1. The van der Waals surface area contributed by atoms with Crippen LogP contribution in [0.15, 0.2) is 4.99 Å². The molecule has 22 heavy (non-hydrogen) atoms. The van der Waals surface area contributed by atoms with E-state index >= 15 is 0 Å². The van der Waals surface area contributed by atoms with Crippen LogP contribution in [-0.4, -0.2) is 77.1 Å². The minimum atomic E-state index is 0. The van der Waals surface area contributed by atoms with E-state index in [0.29, 0.717) is 6.04 Å². The molecule has 0 aromatic heterocycles. The monoisotopic (exact) mass is 426 g/mol. The quantitative estimate of drug-likeness (QED) is 0.376. The van der Waals surface area contributed by atoms with Crippen LogP contribution in [0, 0.1) is 5.41 Å². The maximum absolute atomic E-state index is 5.28. The number of methoxy groups -OCH3 is 1. The van der Waals surface area contributed by atoms with Crippen LogP contribution < -0.4 is 10.6 Å². The molecule has 0 saturated carbocycles. The fraction of sp³-hybridized carbons (Fsp3) is 0.933. The molecule has 2 aliphatic heterocycles. The van der Waals surface area contributed by atoms with Gasteiger partial charge in [-0.05, 0) is 12.8 Å². The molecule has 0 atom stereocenters. The van der Waals surface area contributed by atoms with Gasteiger partial charge in [0.05, 0.1) is 19.8 Å². The average Bonchev–Trinajstić information content (AvgIpc) is 2.48. The summed E-state index contributed by atoms with van der Waals surface area (Å²) in [7, 11) is 3.60. The predicted octanol–water partition coefficient (Wildman–Crippen LogP) is 0.917. The van der Waals surface area contributed by atoms with Gasteiger partial charge >= 0.3 is 0 Å². The summed E-state index contributed by atoms with van der Waals surface area (Å²) < 4.78 is 10.4. The molecule has 2 rings (SSSR count). The van der Waals surface area contributed by atoms with E-state index in [1.807, 2.05) is 7.05 Å². The number of piperidine rings is 1. The normalized spacial score (nSPS) is 22.6. The van der Waals surface area contributed by atoms with Crippen molar-refractivity contribution in [2.45, 2.75) is 25.8 Å². The van der Waals surface area contributed by atoms with Crippen molar-refractivity contribution < 1.29 is 9.47 Å². The number of rotatable bonds is 6. The van der Waals surface area contributed by atoms with E-state index in [1.54, 1.807) is 7.11 Å². The highest BCUT2D eigenvalue weighted by atomic mass is 127. The van der Waals surface area contributed by atoms with Crippen molar-refractivity contribution in [3.05, 3.63) is 0 Å². The smallest absolute Gasteiger partial charge is 0.191 e. The van der Waals surface area contributed by atoms with Gasteiger partial charge in [0.25, 0.3) is 0 Å². The van der Waals surface area contributed by atoms with Crippen LogP contribution >= 0.6 is 24.0 Å². The largest absolute Gasteiger partial charge is 0.383 e. The van der Waals surface area contributed by atoms with Gasteiger partial charge in [-0.25, -0.2) is 0 Å². The molecule has 2 aliphatic rings. The van der Waals surface area contributed by atoms with Crippen molar-refractivity contribution in [1.82, 2.24) is 15.5 Å². The molecule has 130 valence electrons. The van der Waals surface area contributed by atoms with Gasteiger partial charge in [-0.15, -0.1) is 24.0 Å². The molecule has 0 unspecified atom stereocenters. The van der Waals surface area contributed by atoms with Gasteiger partial charge in [0.1, 0.15) is 0 Å². The molecule has 0 aromatic rings. The lowest BCUT2D eigenvalue weighted by molar-refractivity contribution is -0.0971. The number of hydrogen-bond acceptors (Lipinski definition) is 4. The Hall–Kier alpha value is -0.120. The zero-order valence-electron chi connectivity index (χ0n) is 14.1. The lowest BCUT2D eigenvalue weighted by atomic mass is 9.89. The minimum Gasteiger partial charge on any atom is -0.383 e. The first kappa shape index (κ1) is 19.9. The van der Waals surface area contributed by atoms with E-state index in [0.717, 1.165) is 64.8 Å². The van der Waals surface area contributed by atoms with Crippen molar-refractivity contribution in [2.24, 2.45) is 10.4 Å². The number of ether oxygens (including phenoxy) is 2. The Bertz CT molecular complexity index is 342. The zero-order chi connectivity index (χ0) is 15.1. The summed E-state index contributed by atoms with van der Waals surface area (Å²) in [5.41, 5.74) is 0.265. The summed E-state index contributed by atoms with van der Waals surface area (Å²) in [6.45, 7) is 8.96. The molecule has 7 heteroatoms. The molecule has 2 fully saturated rings. The fourth-order valence-corrected chi connectivity index (χ4v) is 2.76. The van der Waals surface area contributed by atoms with Crippen LogP contribution in [0.1, 0.15) is 19.8 Å². The van der Waals surface area contributed by atoms with Crippen LogP contribution in [-0.2, 0) is 9.47 Å². The highest BCUT2D eigenvalue weighted by Gasteiger charge is 2.33. The van der Waals surface area contributed by atoms with Gasteiger partial charge in [-0.1, -0.05) is 6.92 Å². The Morgan fingerprint density at radius 2 is 2.05 bits per heavy atom. The average molecular weight is 426 g/mol. The molecular formula is C15H31IN4O2. The Morgan fingerprint density at radius 1 is 1.36 bits per heavy atom. The molecule has 2 saturated heterocycles. The molecule has 2 heterocycles. The van der Waals surface area contributed by atoms with Gasteiger partial charge in [0.2, 0.25) is 0 Å². The van der Waals surface area contributed by atoms with E-state index in [4.69, 9.17) is 9.47 Å². The van der Waals surface area contributed by atoms with Gasteiger partial charge in [-0.2, -0.15) is 0 Å². The Morgan fingerprint density at radius 3 is 2.55 bits per heavy atom. The molecular weight excluding hydrogens is 395 g/mol. The standard InChI is InChI=1S/C15H30N4O2.HI/c1-15(11-21-12-15)10-17-14(16-2)18-13-4-6-19(7-5-13)8-9-20-3;/h13H,4-12H2,1-3H3,(H2,16,17,18);1H. The van der Waals surface area contributed by atoms with Gasteiger partial charge in [0, 0.05) is 51.8 Å². The molecule has 0 spiro atoms. The summed E-state index contributed by atoms with van der Waals surface area (Å²) in [5, 5.41) is 6.97. The van der Waals surface area contributed by atoms with Crippen LogP contribution in [0.4, 0.5) is 0 Å². The summed E-state index contributed by atoms with van der Waals surface area (Å²) in [4.78, 5) is 6.80. The number of nitrogens with zero attached hydrogens (tertiary/aromatic N) is 2. The predicted molar refractivity (Wildman–Crippen MR) is 100 cm³/mol. The molecule has 0 aliphatic carbocycles. The maximum atomic E-state index is 5.28. The molecule has 0 radical (unpaired) electrons. The van der Waals surface area contributed by atoms with E-state index in [9.17, 15) is 0 Å². The number of guanidine groups is 1. The third kappa shape index (κ3) is 6.17. The van der Waals surface area contributed by atoms with Crippen molar-refractivity contribution in [3.8, 4) is 0 Å². The maximum Gasteiger partial charge on any atom is 0.191 e. The third-order valence-corrected chi connectivity index (χ3v) is 4.35. The van der Waals surface area contributed by atoms with Crippen molar-refractivity contribution in [1.29, 1.82) is 0 Å². The second kappa shape index (κ2) is 9.89. The first-order valence-corrected chi connectivity index (χ1v) is 7.91. The molecule has 0 amide bonds. The molecule has 2 N–H and O–H groups in total. The first-order valence-electron chi connectivity index (χ1n) is 7.91. The van der Waals surface area contributed by atoms with E-state index in [-0.39, 0.29) is 29.4 Å². The summed E-state index contributed by atoms with van der Waals surface area (Å²) in [5.74, 6) is 0.915. The van der Waals surface area contributed by atoms with Crippen LogP contribution in [0.3, 0.4) is 0 Å². The first-order chi connectivity index (χ1) is 10.1. The van der Waals surface area contributed by atoms with Crippen molar-refractivity contribution in [2.75, 3.05) is 60.2 Å². The van der Waals surface area contributed by atoms with Gasteiger partial charge < -0.3 is 25.0 Å². The van der Waals surface area contributed by atoms with Crippen LogP contribution in [0.25, 0.3) is 0 Å². The summed E-state index contributed by atoms with van der Waals surface area (Å²) in [6, 6.07) is 0.514. The SMILES string of the molecule is CN=C(NCC1(C)COC1)NC1CCN(CCOC)CC1.I. The summed E-state index contributed by atoms with van der Waals surface area (Å²) >= 11 is 0. The lowest BCUT2D eigenvalue weighted by Crippen LogP contribution is -2.53. The van der Waals surface area contributed by atoms with E-state index < -0.39 is 0 Å². The summed E-state index contributed by atoms with van der Waals surface area (Å²) in [6.07, 6.45) is 2.32. The van der Waals surface area contributed by atoms with Crippen LogP contribution in [0.2, 0.25) is 0 Å². The Labute approximate surface area is 151 Å². The topological polar surface area (TPSA) is 58.1 Å². The number of hydrogen-bond donors (Lipinski definition) is 2. The van der Waals surface area contributed by atoms with Crippen molar-refractivity contribution in [3.63, 3.8) is 0 Å². The van der Waals surface area contributed by atoms with Gasteiger partial charge in [-0.3, -0.25) is 4.99 Å². The lowest BCUT2D eigenvalue weighted by Gasteiger charge is -2.39. The molecule has 0 bridgehead atoms. The highest BCUT2D eigenvalue weighted by Crippen LogP contribution is 2.24. The molecule has 6 nitrogen and oxygen atoms in total. The third-order valence-electron chi connectivity index (χ3n) is 4.35. The Kier molecular flexibility index (Phi) is 8.96. The van der Waals surface area contributed by atoms with Gasteiger partial charge in [0.15, 0.2) is 5.96 Å². The zero-order valence-corrected chi connectivity index (χ0v) is 16.4. The van der Waals surface area contributed by atoms with E-state index in [1.165, 1.54) is 0 Å². The number of aliphatic imine (C=N–C) groups is 1. The fourth-order valence-electron chi connectivity index (χ4n) is 2.76. The number of halogens is 1. The van der Waals surface area contributed by atoms with E-state index in [2.05, 4.69) is 27.4 Å². The Balaban J connectivity index is 0.00000242. The minimum absolute atomic E-state index is 0. The van der Waals surface area contributed by atoms with Crippen LogP contribution in [0.5, 0.6) is 0 Å². The molecule has 0 aromatic carbocycles. The number of nitrogens with one attached hydrogen (secondary N) is 2. The second-order valence-electron chi connectivity index (χ2n) is 6.48. The second-order valence-corrected chi connectivity index (χ2v) is 6.48. The van der Waals surface area contributed by atoms with Crippen molar-refractivity contribution >= 4 is 29.9 Å². The highest BCUT2D eigenvalue weighted by molar-refractivity contribution is 14.0.